The summed E-state index contributed by atoms with van der Waals surface area (Å²) in [6.07, 6.45) is -1.47. The Labute approximate surface area is 215 Å². The highest BCUT2D eigenvalue weighted by Crippen LogP contribution is 2.20. The predicted octanol–water partition coefficient (Wildman–Crippen LogP) is 4.57. The summed E-state index contributed by atoms with van der Waals surface area (Å²) < 4.78 is 5.36. The van der Waals surface area contributed by atoms with Crippen LogP contribution in [-0.4, -0.2) is 52.1 Å². The molecule has 0 fully saturated rings. The number of carbonyl (C=O) groups excluding carboxylic acids is 2. The second-order valence-corrected chi connectivity index (χ2v) is 11.2. The molecule has 200 valence electrons. The monoisotopic (exact) mass is 500 g/mol. The minimum Gasteiger partial charge on any atom is -0.444 e. The molecule has 2 aromatic rings. The highest BCUT2D eigenvalue weighted by molar-refractivity contribution is 5.86. The summed E-state index contributed by atoms with van der Waals surface area (Å²) in [7, 11) is 0. The van der Waals surface area contributed by atoms with E-state index in [-0.39, 0.29) is 11.8 Å². The Kier molecular flexibility index (Phi) is 10.7. The number of aliphatic hydroxyl groups excluding tert-OH is 2. The van der Waals surface area contributed by atoms with E-state index in [1.807, 2.05) is 70.2 Å². The lowest BCUT2D eigenvalue weighted by Crippen LogP contribution is -2.57. The second kappa shape index (κ2) is 13.1. The number of benzene rings is 2. The second-order valence-electron chi connectivity index (χ2n) is 11.2. The van der Waals surface area contributed by atoms with Crippen LogP contribution < -0.4 is 10.6 Å². The van der Waals surface area contributed by atoms with E-state index in [2.05, 4.69) is 10.6 Å². The van der Waals surface area contributed by atoms with E-state index in [0.29, 0.717) is 19.3 Å². The molecule has 5 atom stereocenters. The lowest BCUT2D eigenvalue weighted by molar-refractivity contribution is -0.126. The summed E-state index contributed by atoms with van der Waals surface area (Å²) in [5, 5.41) is 29.6. The number of hydrogen-bond donors (Lipinski definition) is 4. The van der Waals surface area contributed by atoms with Crippen LogP contribution in [0.2, 0.25) is 0 Å². The van der Waals surface area contributed by atoms with Gasteiger partial charge in [0.15, 0.2) is 0 Å². The van der Waals surface area contributed by atoms with Gasteiger partial charge in [0.05, 0.1) is 12.1 Å². The van der Waals surface area contributed by atoms with Crippen molar-refractivity contribution in [3.05, 3.63) is 48.0 Å². The van der Waals surface area contributed by atoms with Gasteiger partial charge < -0.3 is 25.6 Å². The van der Waals surface area contributed by atoms with Gasteiger partial charge in [0.1, 0.15) is 17.7 Å². The van der Waals surface area contributed by atoms with Crippen LogP contribution in [0.5, 0.6) is 0 Å². The maximum atomic E-state index is 13.4. The molecule has 0 saturated heterocycles. The molecular formula is C29H44N2O5. The number of rotatable bonds is 11. The summed E-state index contributed by atoms with van der Waals surface area (Å²) in [5.74, 6) is -0.415. The third kappa shape index (κ3) is 9.10. The number of alkyl carbamates (subject to hydrolysis) is 1. The third-order valence-corrected chi connectivity index (χ3v) is 6.28. The number of carbonyl (C=O) groups is 2. The topological polar surface area (TPSA) is 108 Å². The lowest BCUT2D eigenvalue weighted by Gasteiger charge is -2.32. The highest BCUT2D eigenvalue weighted by Gasteiger charge is 2.33. The van der Waals surface area contributed by atoms with Gasteiger partial charge in [-0.2, -0.15) is 0 Å². The molecule has 0 aliphatic rings. The fourth-order valence-electron chi connectivity index (χ4n) is 4.18. The van der Waals surface area contributed by atoms with Gasteiger partial charge in [-0.1, -0.05) is 76.6 Å². The molecule has 4 N–H and O–H groups in total. The van der Waals surface area contributed by atoms with Gasteiger partial charge in [-0.15, -0.1) is 0 Å². The molecule has 2 aromatic carbocycles. The van der Waals surface area contributed by atoms with Crippen molar-refractivity contribution in [3.8, 4) is 0 Å². The molecule has 0 aromatic heterocycles. The van der Waals surface area contributed by atoms with E-state index in [9.17, 15) is 19.8 Å². The number of hydrogen-bond acceptors (Lipinski definition) is 5. The zero-order chi connectivity index (χ0) is 27.0. The van der Waals surface area contributed by atoms with Crippen molar-refractivity contribution in [1.29, 1.82) is 0 Å². The van der Waals surface area contributed by atoms with E-state index in [4.69, 9.17) is 4.74 Å². The first kappa shape index (κ1) is 29.6. The van der Waals surface area contributed by atoms with Crippen LogP contribution in [0.25, 0.3) is 10.8 Å². The van der Waals surface area contributed by atoms with E-state index in [0.717, 1.165) is 16.3 Å². The summed E-state index contributed by atoms with van der Waals surface area (Å²) in [6, 6.07) is 12.4. The van der Waals surface area contributed by atoms with Crippen LogP contribution in [-0.2, 0) is 16.0 Å². The molecule has 0 bridgehead atoms. The molecule has 0 aliphatic carbocycles. The van der Waals surface area contributed by atoms with Gasteiger partial charge in [0, 0.05) is 0 Å². The van der Waals surface area contributed by atoms with E-state index < -0.39 is 41.9 Å². The lowest BCUT2D eigenvalue weighted by atomic mass is 9.91. The summed E-state index contributed by atoms with van der Waals surface area (Å²) >= 11 is 0. The van der Waals surface area contributed by atoms with Crippen molar-refractivity contribution in [2.75, 3.05) is 0 Å². The van der Waals surface area contributed by atoms with Crippen molar-refractivity contribution in [2.45, 2.75) is 97.6 Å². The van der Waals surface area contributed by atoms with Gasteiger partial charge in [0.2, 0.25) is 5.91 Å². The van der Waals surface area contributed by atoms with Crippen LogP contribution in [0.1, 0.15) is 66.9 Å². The number of amides is 2. The first-order valence-electron chi connectivity index (χ1n) is 12.9. The van der Waals surface area contributed by atoms with Crippen LogP contribution in [0.4, 0.5) is 4.79 Å². The van der Waals surface area contributed by atoms with Gasteiger partial charge in [-0.25, -0.2) is 4.79 Å². The molecule has 36 heavy (non-hydrogen) atoms. The largest absolute Gasteiger partial charge is 0.444 e. The Morgan fingerprint density at radius 2 is 1.61 bits per heavy atom. The summed E-state index contributed by atoms with van der Waals surface area (Å²) in [5.41, 5.74) is 0.228. The molecule has 0 aliphatic heterocycles. The molecule has 0 saturated carbocycles. The number of nitrogens with one attached hydrogen (secondary N) is 2. The normalized spacial score (nSPS) is 16.2. The van der Waals surface area contributed by atoms with E-state index in [1.54, 1.807) is 20.8 Å². The average molecular weight is 501 g/mol. The molecule has 7 nitrogen and oxygen atoms in total. The first-order valence-corrected chi connectivity index (χ1v) is 12.9. The Bertz CT molecular complexity index is 1000. The number of aliphatic hydroxyl groups is 2. The quantitative estimate of drug-likeness (QED) is 0.361. The average Bonchev–Trinajstić information content (AvgIpc) is 2.79. The van der Waals surface area contributed by atoms with Gasteiger partial charge >= 0.3 is 6.09 Å². The van der Waals surface area contributed by atoms with Crippen molar-refractivity contribution in [1.82, 2.24) is 10.6 Å². The highest BCUT2D eigenvalue weighted by atomic mass is 16.6. The SMILES string of the molecule is CCC(C)C(NC(=O)OC(C)(C)C)C(=O)N[C@@H](Cc1ccc2ccccc2c1)[C@@H](O)[C@@H](O)CC(C)C. The standard InChI is InChI=1S/C29H44N2O5/c1-8-19(4)25(31-28(35)36-29(5,6)7)27(34)30-23(26(33)24(32)15-18(2)3)17-20-13-14-21-11-9-10-12-22(21)16-20/h9-14,16,18-19,23-26,32-33H,8,15,17H2,1-7H3,(H,30,34)(H,31,35)/t19?,23-,24-,25?,26+/m0/s1. The van der Waals surface area contributed by atoms with Crippen LogP contribution >= 0.6 is 0 Å². The number of ether oxygens (including phenoxy) is 1. The third-order valence-electron chi connectivity index (χ3n) is 6.28. The van der Waals surface area contributed by atoms with Crippen LogP contribution in [0.15, 0.2) is 42.5 Å². The fraction of sp³-hybridized carbons (Fsp3) is 0.586. The molecule has 7 heteroatoms. The first-order chi connectivity index (χ1) is 16.8. The Morgan fingerprint density at radius 3 is 2.19 bits per heavy atom. The van der Waals surface area contributed by atoms with Gasteiger partial charge in [-0.3, -0.25) is 4.79 Å². The summed E-state index contributed by atoms with van der Waals surface area (Å²) in [4.78, 5) is 25.9. The molecular weight excluding hydrogens is 456 g/mol. The van der Waals surface area contributed by atoms with Crippen molar-refractivity contribution < 1.29 is 24.5 Å². The minimum absolute atomic E-state index is 0.170. The van der Waals surface area contributed by atoms with Gasteiger partial charge in [-0.05, 0) is 61.8 Å². The molecule has 2 unspecified atom stereocenters. The molecule has 2 amide bonds. The van der Waals surface area contributed by atoms with Crippen molar-refractivity contribution in [3.63, 3.8) is 0 Å². The minimum atomic E-state index is -1.18. The molecule has 0 radical (unpaired) electrons. The smallest absolute Gasteiger partial charge is 0.408 e. The Balaban J connectivity index is 2.29. The Hall–Kier alpha value is -2.64. The summed E-state index contributed by atoms with van der Waals surface area (Å²) in [6.45, 7) is 13.0. The molecule has 0 heterocycles. The molecule has 0 spiro atoms. The van der Waals surface area contributed by atoms with Crippen LogP contribution in [0.3, 0.4) is 0 Å². The van der Waals surface area contributed by atoms with Crippen molar-refractivity contribution in [2.24, 2.45) is 11.8 Å². The zero-order valence-electron chi connectivity index (χ0n) is 22.7. The fourth-order valence-corrected chi connectivity index (χ4v) is 4.18. The number of fused-ring (bicyclic) bond motifs is 1. The maximum Gasteiger partial charge on any atom is 0.408 e. The van der Waals surface area contributed by atoms with Gasteiger partial charge in [0.25, 0.3) is 0 Å². The molecule has 2 rings (SSSR count). The Morgan fingerprint density at radius 1 is 0.972 bits per heavy atom. The van der Waals surface area contributed by atoms with E-state index >= 15 is 0 Å². The van der Waals surface area contributed by atoms with Crippen LogP contribution in [0, 0.1) is 11.8 Å². The van der Waals surface area contributed by atoms with E-state index in [1.165, 1.54) is 0 Å². The van der Waals surface area contributed by atoms with Crippen molar-refractivity contribution >= 4 is 22.8 Å². The maximum absolute atomic E-state index is 13.4. The zero-order valence-corrected chi connectivity index (χ0v) is 22.7. The predicted molar refractivity (Wildman–Crippen MR) is 144 cm³/mol.